The van der Waals surface area contributed by atoms with Gasteiger partial charge in [-0.15, -0.1) is 0 Å². The van der Waals surface area contributed by atoms with E-state index >= 15 is 0 Å². The molecule has 0 aliphatic carbocycles. The minimum atomic E-state index is 0.496. The quantitative estimate of drug-likeness (QED) is 0.482. The first-order valence-corrected chi connectivity index (χ1v) is 11.5. The molecule has 0 unspecified atom stereocenters. The Morgan fingerprint density at radius 3 is 2.71 bits per heavy atom. The summed E-state index contributed by atoms with van der Waals surface area (Å²) >= 11 is 7.05. The van der Waals surface area contributed by atoms with Crippen LogP contribution in [0.3, 0.4) is 0 Å². The van der Waals surface area contributed by atoms with Crippen LogP contribution < -0.4 is 9.64 Å². The molecule has 1 aromatic carbocycles. The maximum atomic E-state index is 6.11. The molecule has 5 nitrogen and oxygen atoms in total. The number of anilines is 2. The summed E-state index contributed by atoms with van der Waals surface area (Å²) in [4.78, 5) is 9.54. The number of hydrogen-bond donors (Lipinski definition) is 0. The third-order valence-corrected chi connectivity index (χ3v) is 6.76. The second kappa shape index (κ2) is 7.94. The normalized spacial score (nSPS) is 22.9. The molecule has 4 heterocycles. The van der Waals surface area contributed by atoms with Crippen molar-refractivity contribution in [3.05, 3.63) is 39.4 Å². The van der Waals surface area contributed by atoms with Crippen molar-refractivity contribution < 1.29 is 9.47 Å². The summed E-state index contributed by atoms with van der Waals surface area (Å²) in [7, 11) is 0. The smallest absolute Gasteiger partial charge is 0.176 e. The summed E-state index contributed by atoms with van der Waals surface area (Å²) in [6.45, 7) is 4.19. The van der Waals surface area contributed by atoms with Gasteiger partial charge in [0, 0.05) is 40.3 Å². The highest BCUT2D eigenvalue weighted by atomic mass is 79.9. The van der Waals surface area contributed by atoms with Crippen LogP contribution in [0.4, 0.5) is 11.5 Å². The molecular weight excluding hydrogens is 486 g/mol. The van der Waals surface area contributed by atoms with E-state index in [1.807, 2.05) is 18.3 Å². The number of likely N-dealkylation sites (tertiary alicyclic amines) is 1. The standard InChI is InChI=1S/C21H23Br2N3O2/c22-14-4-5-18-19(8-14)28-20-9-15(23)11-24-21(20)26(18)7-3-1-2-6-25-12-17-10-16(25)13-27-17/h4-5,8-9,11,16-17H,1-3,6-7,10,12-13H2/t16-,17-/m1/s1. The van der Waals surface area contributed by atoms with Gasteiger partial charge in [0.05, 0.1) is 18.4 Å². The van der Waals surface area contributed by atoms with Crippen LogP contribution in [0.5, 0.6) is 11.5 Å². The third kappa shape index (κ3) is 3.70. The van der Waals surface area contributed by atoms with E-state index in [1.54, 1.807) is 0 Å². The van der Waals surface area contributed by atoms with Crippen LogP contribution in [0.1, 0.15) is 25.7 Å². The number of fused-ring (bicyclic) bond motifs is 4. The topological polar surface area (TPSA) is 37.8 Å². The highest BCUT2D eigenvalue weighted by molar-refractivity contribution is 9.10. The van der Waals surface area contributed by atoms with E-state index in [-0.39, 0.29) is 0 Å². The number of morpholine rings is 1. The molecular formula is C21H23Br2N3O2. The van der Waals surface area contributed by atoms with Crippen molar-refractivity contribution in [2.45, 2.75) is 37.8 Å². The number of nitrogens with zero attached hydrogens (tertiary/aromatic N) is 3. The van der Waals surface area contributed by atoms with E-state index in [0.29, 0.717) is 12.1 Å². The lowest BCUT2D eigenvalue weighted by Crippen LogP contribution is -2.37. The van der Waals surface area contributed by atoms with Crippen LogP contribution in [-0.4, -0.2) is 48.3 Å². The average Bonchev–Trinajstić information content (AvgIpc) is 3.30. The summed E-state index contributed by atoms with van der Waals surface area (Å²) in [6.07, 6.45) is 7.15. The molecule has 2 aromatic rings. The van der Waals surface area contributed by atoms with E-state index in [0.717, 1.165) is 58.1 Å². The lowest BCUT2D eigenvalue weighted by molar-refractivity contribution is 0.0300. The fourth-order valence-corrected chi connectivity index (χ4v) is 5.11. The van der Waals surface area contributed by atoms with Gasteiger partial charge in [0.2, 0.25) is 0 Å². The molecule has 0 spiro atoms. The maximum absolute atomic E-state index is 6.11. The first kappa shape index (κ1) is 18.9. The van der Waals surface area contributed by atoms with Crippen molar-refractivity contribution >= 4 is 43.4 Å². The summed E-state index contributed by atoms with van der Waals surface area (Å²) in [5.41, 5.74) is 1.08. The average molecular weight is 509 g/mol. The minimum Gasteiger partial charge on any atom is -0.451 e. The van der Waals surface area contributed by atoms with Gasteiger partial charge in [-0.2, -0.15) is 0 Å². The van der Waals surface area contributed by atoms with Gasteiger partial charge in [0.1, 0.15) is 0 Å². The minimum absolute atomic E-state index is 0.496. The summed E-state index contributed by atoms with van der Waals surface area (Å²) < 4.78 is 13.7. The van der Waals surface area contributed by atoms with E-state index in [1.165, 1.54) is 25.8 Å². The number of benzene rings is 1. The molecule has 3 aliphatic rings. The van der Waals surface area contributed by atoms with Gasteiger partial charge < -0.3 is 14.4 Å². The molecule has 0 amide bonds. The van der Waals surface area contributed by atoms with E-state index in [9.17, 15) is 0 Å². The number of aromatic nitrogens is 1. The molecule has 0 N–H and O–H groups in total. The predicted molar refractivity (Wildman–Crippen MR) is 117 cm³/mol. The number of halogens is 2. The number of rotatable bonds is 6. The molecule has 2 atom stereocenters. The molecule has 2 saturated heterocycles. The molecule has 3 aliphatic heterocycles. The third-order valence-electron chi connectivity index (χ3n) is 5.83. The Kier molecular flexibility index (Phi) is 5.34. The number of pyridine rings is 1. The van der Waals surface area contributed by atoms with E-state index in [2.05, 4.69) is 58.8 Å². The number of ether oxygens (including phenoxy) is 2. The molecule has 7 heteroatoms. The molecule has 5 rings (SSSR count). The maximum Gasteiger partial charge on any atom is 0.176 e. The molecule has 148 valence electrons. The van der Waals surface area contributed by atoms with E-state index in [4.69, 9.17) is 9.47 Å². The van der Waals surface area contributed by atoms with Crippen molar-refractivity contribution in [3.63, 3.8) is 0 Å². The number of unbranched alkanes of at least 4 members (excludes halogenated alkanes) is 2. The van der Waals surface area contributed by atoms with Gasteiger partial charge >= 0.3 is 0 Å². The zero-order chi connectivity index (χ0) is 19.1. The van der Waals surface area contributed by atoms with Crippen LogP contribution in [-0.2, 0) is 4.74 Å². The van der Waals surface area contributed by atoms with Crippen molar-refractivity contribution in [2.75, 3.05) is 31.1 Å². The molecule has 2 fully saturated rings. The largest absolute Gasteiger partial charge is 0.451 e. The Morgan fingerprint density at radius 1 is 1.04 bits per heavy atom. The summed E-state index contributed by atoms with van der Waals surface area (Å²) in [5.74, 6) is 2.56. The van der Waals surface area contributed by atoms with Crippen LogP contribution in [0, 0.1) is 0 Å². The summed E-state index contributed by atoms with van der Waals surface area (Å²) in [5, 5.41) is 0. The van der Waals surface area contributed by atoms with Gasteiger partial charge in [0.15, 0.2) is 17.3 Å². The molecule has 28 heavy (non-hydrogen) atoms. The van der Waals surface area contributed by atoms with Crippen LogP contribution >= 0.6 is 31.9 Å². The van der Waals surface area contributed by atoms with Crippen LogP contribution in [0.25, 0.3) is 0 Å². The van der Waals surface area contributed by atoms with Crippen LogP contribution in [0.15, 0.2) is 39.4 Å². The van der Waals surface area contributed by atoms with Gasteiger partial charge in [-0.1, -0.05) is 22.4 Å². The number of hydrogen-bond acceptors (Lipinski definition) is 5. The first-order chi connectivity index (χ1) is 13.7. The molecule has 2 bridgehead atoms. The van der Waals surface area contributed by atoms with Crippen LogP contribution in [0.2, 0.25) is 0 Å². The zero-order valence-corrected chi connectivity index (χ0v) is 18.8. The van der Waals surface area contributed by atoms with Crippen molar-refractivity contribution in [2.24, 2.45) is 0 Å². The Bertz CT molecular complexity index is 827. The zero-order valence-electron chi connectivity index (χ0n) is 15.6. The lowest BCUT2D eigenvalue weighted by atomic mass is 10.1. The van der Waals surface area contributed by atoms with Gasteiger partial charge in [0.25, 0.3) is 0 Å². The fourth-order valence-electron chi connectivity index (χ4n) is 4.46. The molecule has 1 aromatic heterocycles. The van der Waals surface area contributed by atoms with Crippen molar-refractivity contribution in [1.29, 1.82) is 0 Å². The molecule has 0 saturated carbocycles. The summed E-state index contributed by atoms with van der Waals surface area (Å²) in [6, 6.07) is 8.85. The Hall–Kier alpha value is -1.15. The molecule has 0 radical (unpaired) electrons. The monoisotopic (exact) mass is 507 g/mol. The van der Waals surface area contributed by atoms with E-state index < -0.39 is 0 Å². The van der Waals surface area contributed by atoms with Crippen molar-refractivity contribution in [1.82, 2.24) is 9.88 Å². The Morgan fingerprint density at radius 2 is 1.89 bits per heavy atom. The van der Waals surface area contributed by atoms with Crippen molar-refractivity contribution in [3.8, 4) is 11.5 Å². The highest BCUT2D eigenvalue weighted by Gasteiger charge is 2.38. The second-order valence-corrected chi connectivity index (χ2v) is 9.57. The lowest BCUT2D eigenvalue weighted by Gasteiger charge is -2.32. The first-order valence-electron chi connectivity index (χ1n) is 9.93. The Labute approximate surface area is 182 Å². The van der Waals surface area contributed by atoms with Gasteiger partial charge in [-0.05, 0) is 59.9 Å². The van der Waals surface area contributed by atoms with Gasteiger partial charge in [-0.3, -0.25) is 4.90 Å². The predicted octanol–water partition coefficient (Wildman–Crippen LogP) is 5.49. The second-order valence-electron chi connectivity index (χ2n) is 7.74. The highest BCUT2D eigenvalue weighted by Crippen LogP contribution is 2.47. The van der Waals surface area contributed by atoms with Gasteiger partial charge in [-0.25, -0.2) is 4.98 Å². The Balaban J connectivity index is 1.23. The SMILES string of the molecule is Brc1ccc2c(c1)Oc1cc(Br)cnc1N2CCCCCN1C[C@H]2C[C@@H]1CO2. The fraction of sp³-hybridized carbons (Fsp3) is 0.476.